The van der Waals surface area contributed by atoms with Gasteiger partial charge in [0.15, 0.2) is 6.10 Å². The van der Waals surface area contributed by atoms with E-state index in [0.29, 0.717) is 28.4 Å². The Morgan fingerprint density at radius 2 is 2.08 bits per heavy atom. The summed E-state index contributed by atoms with van der Waals surface area (Å²) >= 11 is 0. The summed E-state index contributed by atoms with van der Waals surface area (Å²) < 4.78 is 5.51. The minimum absolute atomic E-state index is 0.210. The van der Waals surface area contributed by atoms with Crippen molar-refractivity contribution in [2.75, 3.05) is 16.0 Å². The van der Waals surface area contributed by atoms with Crippen LogP contribution >= 0.6 is 0 Å². The van der Waals surface area contributed by atoms with Crippen LogP contribution in [0.4, 0.5) is 17.1 Å². The van der Waals surface area contributed by atoms with Crippen LogP contribution in [0.3, 0.4) is 0 Å². The van der Waals surface area contributed by atoms with Crippen LogP contribution in [0.5, 0.6) is 5.75 Å². The molecule has 132 valence electrons. The second-order valence-electron chi connectivity index (χ2n) is 6.01. The molecule has 1 aliphatic rings. The van der Waals surface area contributed by atoms with Crippen molar-refractivity contribution >= 4 is 28.9 Å². The molecule has 2 unspecified atom stereocenters. The maximum atomic E-state index is 12.3. The normalized spacial score (nSPS) is 16.3. The first-order chi connectivity index (χ1) is 12.5. The maximum absolute atomic E-state index is 12.3. The zero-order valence-electron chi connectivity index (χ0n) is 14.4. The number of fused-ring (bicyclic) bond motifs is 1. The van der Waals surface area contributed by atoms with Gasteiger partial charge in [0.2, 0.25) is 5.91 Å². The zero-order valence-corrected chi connectivity index (χ0v) is 14.4. The minimum atomic E-state index is -0.532. The van der Waals surface area contributed by atoms with Gasteiger partial charge in [0, 0.05) is 11.4 Å². The van der Waals surface area contributed by atoms with Crippen molar-refractivity contribution in [2.24, 2.45) is 0 Å². The minimum Gasteiger partial charge on any atom is -0.479 e. The van der Waals surface area contributed by atoms with Crippen molar-refractivity contribution in [1.29, 1.82) is 5.26 Å². The fraction of sp³-hybridized carbons (Fsp3) is 0.211. The quantitative estimate of drug-likeness (QED) is 0.787. The number of hydrogen-bond donors (Lipinski definition) is 3. The number of carbonyl (C=O) groups is 2. The van der Waals surface area contributed by atoms with E-state index >= 15 is 0 Å². The first kappa shape index (κ1) is 17.3. The van der Waals surface area contributed by atoms with Gasteiger partial charge in [0.05, 0.1) is 17.3 Å². The summed E-state index contributed by atoms with van der Waals surface area (Å²) in [6.07, 6.45) is -0.532. The predicted molar refractivity (Wildman–Crippen MR) is 98.0 cm³/mol. The van der Waals surface area contributed by atoms with Gasteiger partial charge in [-0.25, -0.2) is 0 Å². The van der Waals surface area contributed by atoms with Crippen LogP contribution in [0.1, 0.15) is 19.4 Å². The van der Waals surface area contributed by atoms with Crippen molar-refractivity contribution < 1.29 is 14.3 Å². The van der Waals surface area contributed by atoms with Crippen LogP contribution in [0, 0.1) is 11.3 Å². The predicted octanol–water partition coefficient (Wildman–Crippen LogP) is 2.72. The fourth-order valence-corrected chi connectivity index (χ4v) is 2.53. The summed E-state index contributed by atoms with van der Waals surface area (Å²) in [5.74, 6) is 0.137. The Morgan fingerprint density at radius 3 is 2.85 bits per heavy atom. The van der Waals surface area contributed by atoms with E-state index in [1.165, 1.54) is 0 Å². The lowest BCUT2D eigenvalue weighted by atomic mass is 10.2. The fourth-order valence-electron chi connectivity index (χ4n) is 2.53. The van der Waals surface area contributed by atoms with Crippen LogP contribution in [-0.4, -0.2) is 24.0 Å². The Kier molecular flexibility index (Phi) is 4.76. The third-order valence-corrected chi connectivity index (χ3v) is 3.95. The van der Waals surface area contributed by atoms with E-state index < -0.39 is 12.1 Å². The van der Waals surface area contributed by atoms with Gasteiger partial charge >= 0.3 is 0 Å². The number of ether oxygens (including phenoxy) is 1. The summed E-state index contributed by atoms with van der Waals surface area (Å²) in [6.45, 7) is 3.40. The Bertz CT molecular complexity index is 904. The van der Waals surface area contributed by atoms with Crippen molar-refractivity contribution in [1.82, 2.24) is 0 Å². The lowest BCUT2D eigenvalue weighted by Crippen LogP contribution is -2.34. The number of nitriles is 1. The van der Waals surface area contributed by atoms with Gasteiger partial charge in [-0.1, -0.05) is 6.07 Å². The molecule has 0 saturated heterocycles. The second kappa shape index (κ2) is 7.15. The van der Waals surface area contributed by atoms with Gasteiger partial charge in [-0.3, -0.25) is 9.59 Å². The number of benzene rings is 2. The average Bonchev–Trinajstić information content (AvgIpc) is 2.63. The summed E-state index contributed by atoms with van der Waals surface area (Å²) in [4.78, 5) is 24.1. The Balaban J connectivity index is 1.67. The highest BCUT2D eigenvalue weighted by Crippen LogP contribution is 2.32. The second-order valence-corrected chi connectivity index (χ2v) is 6.01. The van der Waals surface area contributed by atoms with Crippen LogP contribution < -0.4 is 20.7 Å². The molecule has 7 heteroatoms. The van der Waals surface area contributed by atoms with Gasteiger partial charge in [-0.05, 0) is 50.2 Å². The monoisotopic (exact) mass is 350 g/mol. The van der Waals surface area contributed by atoms with Gasteiger partial charge in [-0.2, -0.15) is 5.26 Å². The number of carbonyl (C=O) groups excluding carboxylic acids is 2. The van der Waals surface area contributed by atoms with Crippen molar-refractivity contribution in [3.8, 4) is 11.8 Å². The molecule has 0 saturated carbocycles. The van der Waals surface area contributed by atoms with Crippen LogP contribution in [0.25, 0.3) is 0 Å². The molecule has 7 nitrogen and oxygen atoms in total. The standard InChI is InChI=1S/C19H18N4O3/c1-11(18(24)22-14-5-3-4-13(8-14)10-20)21-15-6-7-17-16(9-15)23-19(25)12(2)26-17/h3-9,11-12,21H,1-2H3,(H,22,24)(H,23,25). The Labute approximate surface area is 151 Å². The lowest BCUT2D eigenvalue weighted by Gasteiger charge is -2.24. The molecule has 0 spiro atoms. The summed E-state index contributed by atoms with van der Waals surface area (Å²) in [5, 5.41) is 17.5. The molecule has 2 aromatic carbocycles. The van der Waals surface area contributed by atoms with Crippen LogP contribution in [0.2, 0.25) is 0 Å². The van der Waals surface area contributed by atoms with E-state index in [2.05, 4.69) is 16.0 Å². The van der Waals surface area contributed by atoms with E-state index in [4.69, 9.17) is 10.00 Å². The number of anilines is 3. The van der Waals surface area contributed by atoms with Crippen molar-refractivity contribution in [2.45, 2.75) is 26.0 Å². The largest absolute Gasteiger partial charge is 0.479 e. The molecule has 0 radical (unpaired) electrons. The van der Waals surface area contributed by atoms with Gasteiger partial charge in [0.1, 0.15) is 11.8 Å². The topological polar surface area (TPSA) is 103 Å². The van der Waals surface area contributed by atoms with Crippen LogP contribution in [-0.2, 0) is 9.59 Å². The van der Waals surface area contributed by atoms with E-state index in [-0.39, 0.29) is 11.8 Å². The molecule has 2 atom stereocenters. The molecule has 1 heterocycles. The molecule has 1 aliphatic heterocycles. The van der Waals surface area contributed by atoms with Crippen LogP contribution in [0.15, 0.2) is 42.5 Å². The zero-order chi connectivity index (χ0) is 18.7. The molecule has 0 aliphatic carbocycles. The van der Waals surface area contributed by atoms with Gasteiger partial charge < -0.3 is 20.7 Å². The molecule has 26 heavy (non-hydrogen) atoms. The van der Waals surface area contributed by atoms with E-state index in [1.54, 1.807) is 56.3 Å². The average molecular weight is 350 g/mol. The first-order valence-electron chi connectivity index (χ1n) is 8.15. The molecule has 3 rings (SSSR count). The molecule has 0 aromatic heterocycles. The summed E-state index contributed by atoms with van der Waals surface area (Å²) in [6, 6.07) is 13.5. The molecule has 2 amide bonds. The lowest BCUT2D eigenvalue weighted by molar-refractivity contribution is -0.122. The van der Waals surface area contributed by atoms with Crippen molar-refractivity contribution in [3.05, 3.63) is 48.0 Å². The molecular formula is C19H18N4O3. The Hall–Kier alpha value is -3.53. The van der Waals surface area contributed by atoms with E-state index in [0.717, 1.165) is 0 Å². The summed E-state index contributed by atoms with van der Waals surface area (Å²) in [7, 11) is 0. The van der Waals surface area contributed by atoms with Gasteiger partial charge in [-0.15, -0.1) is 0 Å². The number of rotatable bonds is 4. The Morgan fingerprint density at radius 1 is 1.27 bits per heavy atom. The number of amides is 2. The SMILES string of the molecule is CC(Nc1ccc2c(c1)NC(=O)C(C)O2)C(=O)Nc1cccc(C#N)c1. The third-order valence-electron chi connectivity index (χ3n) is 3.95. The summed E-state index contributed by atoms with van der Waals surface area (Å²) in [5.41, 5.74) is 2.27. The highest BCUT2D eigenvalue weighted by Gasteiger charge is 2.24. The highest BCUT2D eigenvalue weighted by molar-refractivity contribution is 5.99. The number of nitrogens with zero attached hydrogens (tertiary/aromatic N) is 1. The van der Waals surface area contributed by atoms with E-state index in [9.17, 15) is 9.59 Å². The molecular weight excluding hydrogens is 332 g/mol. The highest BCUT2D eigenvalue weighted by atomic mass is 16.5. The maximum Gasteiger partial charge on any atom is 0.265 e. The first-order valence-corrected chi connectivity index (χ1v) is 8.15. The van der Waals surface area contributed by atoms with Gasteiger partial charge in [0.25, 0.3) is 5.91 Å². The third kappa shape index (κ3) is 3.75. The molecule has 3 N–H and O–H groups in total. The number of hydrogen-bond acceptors (Lipinski definition) is 5. The molecule has 2 aromatic rings. The smallest absolute Gasteiger partial charge is 0.265 e. The molecule has 0 bridgehead atoms. The number of nitrogens with one attached hydrogen (secondary N) is 3. The van der Waals surface area contributed by atoms with E-state index in [1.807, 2.05) is 6.07 Å². The molecule has 0 fully saturated rings. The van der Waals surface area contributed by atoms with Crippen molar-refractivity contribution in [3.63, 3.8) is 0 Å².